The van der Waals surface area contributed by atoms with Crippen molar-refractivity contribution in [3.8, 4) is 0 Å². The van der Waals surface area contributed by atoms with Crippen molar-refractivity contribution in [2.24, 2.45) is 15.7 Å². The van der Waals surface area contributed by atoms with Crippen LogP contribution in [0.25, 0.3) is 0 Å². The van der Waals surface area contributed by atoms with Crippen LogP contribution < -0.4 is 5.73 Å². The minimum Gasteiger partial charge on any atom is -0.383 e. The summed E-state index contributed by atoms with van der Waals surface area (Å²) < 4.78 is 0.713. The second-order valence-electron chi connectivity index (χ2n) is 5.88. The minimum atomic E-state index is -0.0950. The summed E-state index contributed by atoms with van der Waals surface area (Å²) in [6.07, 6.45) is 2.77. The van der Waals surface area contributed by atoms with E-state index in [0.29, 0.717) is 23.3 Å². The molecule has 28 heavy (non-hydrogen) atoms. The largest absolute Gasteiger partial charge is 0.383 e. The Bertz CT molecular complexity index is 904. The van der Waals surface area contributed by atoms with Gasteiger partial charge < -0.3 is 10.6 Å². The summed E-state index contributed by atoms with van der Waals surface area (Å²) in [7, 11) is 1.64. The quantitative estimate of drug-likeness (QED) is 0.454. The number of fused-ring (bicyclic) bond motifs is 1. The molecule has 1 aromatic carbocycles. The molecule has 0 fully saturated rings. The Labute approximate surface area is 175 Å². The Morgan fingerprint density at radius 3 is 2.75 bits per heavy atom. The first-order chi connectivity index (χ1) is 13.5. The highest BCUT2D eigenvalue weighted by Gasteiger charge is 2.31. The first-order valence-electron chi connectivity index (χ1n) is 9.07. The third kappa shape index (κ3) is 4.69. The second-order valence-corrected chi connectivity index (χ2v) is 7.65. The first-order valence-corrected chi connectivity index (χ1v) is 10.3. The Balaban J connectivity index is 0.00000136. The topological polar surface area (TPSA) is 71.0 Å². The second kappa shape index (κ2) is 10.2. The number of amides is 1. The van der Waals surface area contributed by atoms with Gasteiger partial charge in [-0.3, -0.25) is 9.79 Å². The van der Waals surface area contributed by atoms with Gasteiger partial charge in [0.1, 0.15) is 12.2 Å². The predicted molar refractivity (Wildman–Crippen MR) is 120 cm³/mol. The number of carbonyl (C=O) groups is 1. The van der Waals surface area contributed by atoms with E-state index in [1.807, 2.05) is 44.2 Å². The minimum absolute atomic E-state index is 0.0325. The van der Waals surface area contributed by atoms with Crippen molar-refractivity contribution in [1.29, 1.82) is 0 Å². The zero-order valence-electron chi connectivity index (χ0n) is 16.4. The van der Waals surface area contributed by atoms with Crippen LogP contribution in [0, 0.1) is 0 Å². The number of thiophene rings is 1. The van der Waals surface area contributed by atoms with Crippen LogP contribution in [-0.4, -0.2) is 36.6 Å². The monoisotopic (exact) mass is 416 g/mol. The summed E-state index contributed by atoms with van der Waals surface area (Å²) in [4.78, 5) is 23.1. The van der Waals surface area contributed by atoms with E-state index < -0.39 is 0 Å². The van der Waals surface area contributed by atoms with Crippen LogP contribution in [-0.2, 0) is 11.3 Å². The van der Waals surface area contributed by atoms with Crippen molar-refractivity contribution < 1.29 is 4.79 Å². The average Bonchev–Trinajstić information content (AvgIpc) is 3.12. The van der Waals surface area contributed by atoms with Gasteiger partial charge in [0, 0.05) is 30.0 Å². The number of amidine groups is 1. The average molecular weight is 417 g/mol. The number of rotatable bonds is 4. The van der Waals surface area contributed by atoms with Crippen molar-refractivity contribution in [2.45, 2.75) is 26.3 Å². The third-order valence-electron chi connectivity index (χ3n) is 4.34. The molecule has 1 aliphatic rings. The number of hydrogen-bond acceptors (Lipinski definition) is 3. The highest BCUT2D eigenvalue weighted by molar-refractivity contribution is 7.16. The number of halogens is 1. The highest BCUT2D eigenvalue weighted by Crippen LogP contribution is 2.41. The zero-order chi connectivity index (χ0) is 20.7. The first kappa shape index (κ1) is 21.9. The number of benzene rings is 1. The summed E-state index contributed by atoms with van der Waals surface area (Å²) in [6, 6.07) is 9.81. The fourth-order valence-corrected chi connectivity index (χ4v) is 4.53. The molecule has 1 unspecified atom stereocenters. The van der Waals surface area contributed by atoms with Gasteiger partial charge in [0.25, 0.3) is 0 Å². The van der Waals surface area contributed by atoms with Crippen LogP contribution in [0.2, 0.25) is 4.34 Å². The summed E-state index contributed by atoms with van der Waals surface area (Å²) in [6.45, 7) is 8.69. The van der Waals surface area contributed by atoms with Crippen LogP contribution in [0.5, 0.6) is 0 Å². The smallest absolute Gasteiger partial charge is 0.246 e. The molecule has 148 valence electrons. The molecule has 1 atom stereocenters. The molecule has 3 rings (SSSR count). The molecule has 0 radical (unpaired) electrons. The van der Waals surface area contributed by atoms with Gasteiger partial charge in [-0.15, -0.1) is 11.3 Å². The van der Waals surface area contributed by atoms with Crippen molar-refractivity contribution in [2.75, 3.05) is 13.6 Å². The number of hydrogen-bond donors (Lipinski definition) is 1. The van der Waals surface area contributed by atoms with E-state index in [4.69, 9.17) is 17.3 Å². The number of aliphatic imine (C=N–C) groups is 2. The molecular formula is C21H25ClN4OS. The van der Waals surface area contributed by atoms with Gasteiger partial charge in [-0.05, 0) is 23.3 Å². The van der Waals surface area contributed by atoms with Crippen molar-refractivity contribution in [1.82, 2.24) is 4.90 Å². The molecule has 5 nitrogen and oxygen atoms in total. The molecule has 0 saturated heterocycles. The number of carbonyl (C=O) groups excluding carboxylic acids is 1. The van der Waals surface area contributed by atoms with E-state index in [0.717, 1.165) is 21.6 Å². The molecule has 1 aromatic heterocycles. The lowest BCUT2D eigenvalue weighted by atomic mass is 9.85. The van der Waals surface area contributed by atoms with Crippen LogP contribution in [0.4, 0.5) is 0 Å². The maximum Gasteiger partial charge on any atom is 0.246 e. The molecule has 1 amide bonds. The summed E-state index contributed by atoms with van der Waals surface area (Å²) in [5, 5.41) is 0. The molecular weight excluding hydrogens is 392 g/mol. The van der Waals surface area contributed by atoms with E-state index in [1.54, 1.807) is 11.9 Å². The van der Waals surface area contributed by atoms with E-state index >= 15 is 0 Å². The lowest BCUT2D eigenvalue weighted by Crippen LogP contribution is -2.37. The van der Waals surface area contributed by atoms with Crippen molar-refractivity contribution in [3.05, 3.63) is 68.9 Å². The van der Waals surface area contributed by atoms with Crippen LogP contribution in [0.3, 0.4) is 0 Å². The summed E-state index contributed by atoms with van der Waals surface area (Å²) >= 11 is 7.77. The van der Waals surface area contributed by atoms with Gasteiger partial charge in [-0.2, -0.15) is 0 Å². The molecule has 2 heterocycles. The van der Waals surface area contributed by atoms with E-state index in [1.165, 1.54) is 23.8 Å². The van der Waals surface area contributed by atoms with Crippen molar-refractivity contribution >= 4 is 41.0 Å². The number of nitrogens with zero attached hydrogens (tertiary/aromatic N) is 3. The fourth-order valence-electron chi connectivity index (χ4n) is 3.17. The fraction of sp³-hybridized carbons (Fsp3) is 0.286. The maximum atomic E-state index is 12.2. The van der Waals surface area contributed by atoms with Gasteiger partial charge >= 0.3 is 0 Å². The molecule has 0 spiro atoms. The van der Waals surface area contributed by atoms with E-state index in [2.05, 4.69) is 16.6 Å². The number of nitrogens with two attached hydrogens (primary N) is 1. The maximum absolute atomic E-state index is 12.2. The van der Waals surface area contributed by atoms with Gasteiger partial charge in [0.05, 0.1) is 10.9 Å². The SMILES string of the molecule is C=CC(=O)N1Cc2sc(Cl)cc2C(c2ccccc2C(N)=NC=NC)C1.CC. The highest BCUT2D eigenvalue weighted by atomic mass is 35.5. The molecule has 2 N–H and O–H groups in total. The summed E-state index contributed by atoms with van der Waals surface area (Å²) in [5.74, 6) is 0.263. The molecule has 1 aliphatic heterocycles. The standard InChI is InChI=1S/C19H19ClN4OS.C2H6/c1-3-18(25)24-9-15(14-8-17(20)26-16(14)10-24)12-6-4-5-7-13(12)19(21)23-11-22-2;1-2/h3-8,11,15H,1,9-10H2,2H3,(H2,21,22,23);1-2H3. The predicted octanol–water partition coefficient (Wildman–Crippen LogP) is 4.45. The Morgan fingerprint density at radius 1 is 1.36 bits per heavy atom. The van der Waals surface area contributed by atoms with Crippen molar-refractivity contribution in [3.63, 3.8) is 0 Å². The Morgan fingerprint density at radius 2 is 2.07 bits per heavy atom. The molecule has 0 aliphatic carbocycles. The van der Waals surface area contributed by atoms with Crippen LogP contribution in [0.1, 0.15) is 41.3 Å². The lowest BCUT2D eigenvalue weighted by molar-refractivity contribution is -0.127. The molecule has 7 heteroatoms. The van der Waals surface area contributed by atoms with Gasteiger partial charge in [-0.1, -0.05) is 56.3 Å². The Hall–Kier alpha value is -2.44. The molecule has 0 bridgehead atoms. The lowest BCUT2D eigenvalue weighted by Gasteiger charge is -2.33. The Kier molecular flexibility index (Phi) is 7.96. The zero-order valence-corrected chi connectivity index (χ0v) is 17.9. The molecule has 2 aromatic rings. The van der Waals surface area contributed by atoms with Gasteiger partial charge in [-0.25, -0.2) is 4.99 Å². The molecule has 0 saturated carbocycles. The third-order valence-corrected chi connectivity index (χ3v) is 5.60. The van der Waals surface area contributed by atoms with E-state index in [-0.39, 0.29) is 11.8 Å². The van der Waals surface area contributed by atoms with Gasteiger partial charge in [0.15, 0.2) is 0 Å². The van der Waals surface area contributed by atoms with E-state index in [9.17, 15) is 4.79 Å². The van der Waals surface area contributed by atoms with Gasteiger partial charge in [0.2, 0.25) is 5.91 Å². The normalized spacial score (nSPS) is 16.4. The summed E-state index contributed by atoms with van der Waals surface area (Å²) in [5.41, 5.74) is 9.15. The van der Waals surface area contributed by atoms with Crippen LogP contribution >= 0.6 is 22.9 Å². The van der Waals surface area contributed by atoms with Crippen LogP contribution in [0.15, 0.2) is 53.0 Å².